The molecule has 0 aliphatic carbocycles. The number of rotatable bonds is 5. The number of amides is 2. The van der Waals surface area contributed by atoms with Crippen LogP contribution in [0.2, 0.25) is 0 Å². The lowest BCUT2D eigenvalue weighted by Crippen LogP contribution is -2.51. The van der Waals surface area contributed by atoms with Crippen molar-refractivity contribution in [1.82, 2.24) is 14.8 Å². The third-order valence-corrected chi connectivity index (χ3v) is 6.53. The topological polar surface area (TPSA) is 63.6 Å². The molecular formula is C24H31N3O3. The fraction of sp³-hybridized carbons (Fsp3) is 0.500. The standard InChI is InChI=1S/C24H31N3O3/c1-26-12-5-8-21(26)23(29)27-13-10-24(11-14-27)17-20(9-15-30-24)16-22(28)25-18-19-6-3-2-4-7-19/h2-8,12,20H,9-11,13-18H2,1H3,(H,25,28). The van der Waals surface area contributed by atoms with Crippen molar-refractivity contribution in [3.63, 3.8) is 0 Å². The number of aromatic nitrogens is 1. The highest BCUT2D eigenvalue weighted by Crippen LogP contribution is 2.39. The second-order valence-electron chi connectivity index (χ2n) is 8.65. The Morgan fingerprint density at radius 3 is 2.60 bits per heavy atom. The van der Waals surface area contributed by atoms with Crippen molar-refractivity contribution < 1.29 is 14.3 Å². The number of carbonyl (C=O) groups excluding carboxylic acids is 2. The molecule has 2 fully saturated rings. The number of hydrogen-bond acceptors (Lipinski definition) is 3. The SMILES string of the molecule is Cn1cccc1C(=O)N1CCC2(CC1)CC(CC(=O)NCc1ccccc1)CCO2. The van der Waals surface area contributed by atoms with Crippen LogP contribution in [-0.2, 0) is 23.1 Å². The zero-order valence-electron chi connectivity index (χ0n) is 17.7. The first kappa shape index (κ1) is 20.7. The van der Waals surface area contributed by atoms with E-state index in [0.717, 1.165) is 36.9 Å². The number of aryl methyl sites for hydroxylation is 1. The lowest BCUT2D eigenvalue weighted by atomic mass is 9.78. The van der Waals surface area contributed by atoms with Gasteiger partial charge in [-0.25, -0.2) is 0 Å². The summed E-state index contributed by atoms with van der Waals surface area (Å²) in [6.45, 7) is 2.68. The van der Waals surface area contributed by atoms with Crippen molar-refractivity contribution in [2.75, 3.05) is 19.7 Å². The molecule has 2 aliphatic rings. The Kier molecular flexibility index (Phi) is 6.23. The van der Waals surface area contributed by atoms with Crippen molar-refractivity contribution in [2.24, 2.45) is 13.0 Å². The molecule has 30 heavy (non-hydrogen) atoms. The van der Waals surface area contributed by atoms with Crippen LogP contribution in [0, 0.1) is 5.92 Å². The normalized spacial score (nSPS) is 20.8. The highest BCUT2D eigenvalue weighted by atomic mass is 16.5. The molecule has 2 aliphatic heterocycles. The lowest BCUT2D eigenvalue weighted by Gasteiger charge is -2.46. The number of nitrogens with zero attached hydrogens (tertiary/aromatic N) is 2. The van der Waals surface area contributed by atoms with Crippen molar-refractivity contribution in [3.8, 4) is 0 Å². The number of likely N-dealkylation sites (tertiary alicyclic amines) is 1. The molecule has 2 saturated heterocycles. The van der Waals surface area contributed by atoms with Crippen LogP contribution in [0.15, 0.2) is 48.7 Å². The van der Waals surface area contributed by atoms with E-state index >= 15 is 0 Å². The number of hydrogen-bond donors (Lipinski definition) is 1. The monoisotopic (exact) mass is 409 g/mol. The van der Waals surface area contributed by atoms with Gasteiger partial charge in [-0.3, -0.25) is 9.59 Å². The van der Waals surface area contributed by atoms with Gasteiger partial charge in [0, 0.05) is 45.9 Å². The Labute approximate surface area is 178 Å². The third kappa shape index (κ3) is 4.75. The summed E-state index contributed by atoms with van der Waals surface area (Å²) in [7, 11) is 1.90. The van der Waals surface area contributed by atoms with Crippen LogP contribution in [0.5, 0.6) is 0 Å². The molecule has 4 rings (SSSR count). The maximum Gasteiger partial charge on any atom is 0.270 e. The summed E-state index contributed by atoms with van der Waals surface area (Å²) in [6, 6.07) is 13.8. The van der Waals surface area contributed by atoms with Gasteiger partial charge in [0.15, 0.2) is 0 Å². The summed E-state index contributed by atoms with van der Waals surface area (Å²) in [5, 5.41) is 3.05. The van der Waals surface area contributed by atoms with Crippen LogP contribution < -0.4 is 5.32 Å². The number of carbonyl (C=O) groups is 2. The Balaban J connectivity index is 1.27. The smallest absolute Gasteiger partial charge is 0.270 e. The Morgan fingerprint density at radius 1 is 1.13 bits per heavy atom. The van der Waals surface area contributed by atoms with E-state index in [1.165, 1.54) is 0 Å². The highest BCUT2D eigenvalue weighted by molar-refractivity contribution is 5.92. The van der Waals surface area contributed by atoms with Crippen molar-refractivity contribution in [1.29, 1.82) is 0 Å². The predicted molar refractivity (Wildman–Crippen MR) is 115 cm³/mol. The summed E-state index contributed by atoms with van der Waals surface area (Å²) < 4.78 is 8.08. The molecule has 3 heterocycles. The second kappa shape index (κ2) is 9.04. The molecule has 1 spiro atoms. The molecule has 0 saturated carbocycles. The van der Waals surface area contributed by atoms with Gasteiger partial charge in [-0.15, -0.1) is 0 Å². The van der Waals surface area contributed by atoms with Crippen LogP contribution in [0.25, 0.3) is 0 Å². The van der Waals surface area contributed by atoms with Gasteiger partial charge in [-0.1, -0.05) is 30.3 Å². The van der Waals surface area contributed by atoms with Gasteiger partial charge in [-0.05, 0) is 49.3 Å². The van der Waals surface area contributed by atoms with Crippen molar-refractivity contribution in [3.05, 3.63) is 59.9 Å². The van der Waals surface area contributed by atoms with Gasteiger partial charge >= 0.3 is 0 Å². The number of benzene rings is 1. The molecule has 1 N–H and O–H groups in total. The minimum atomic E-state index is -0.187. The molecule has 1 atom stereocenters. The molecule has 2 amide bonds. The van der Waals surface area contributed by atoms with Crippen LogP contribution in [0.1, 0.15) is 48.2 Å². The minimum Gasteiger partial charge on any atom is -0.375 e. The second-order valence-corrected chi connectivity index (χ2v) is 8.65. The van der Waals surface area contributed by atoms with E-state index in [1.54, 1.807) is 0 Å². The maximum atomic E-state index is 12.8. The fourth-order valence-electron chi connectivity index (χ4n) is 4.75. The summed E-state index contributed by atoms with van der Waals surface area (Å²) >= 11 is 0. The Morgan fingerprint density at radius 2 is 1.90 bits per heavy atom. The molecule has 6 heteroatoms. The fourth-order valence-corrected chi connectivity index (χ4v) is 4.75. The average Bonchev–Trinajstić information content (AvgIpc) is 3.19. The van der Waals surface area contributed by atoms with Crippen molar-refractivity contribution >= 4 is 11.8 Å². The van der Waals surface area contributed by atoms with Gasteiger partial charge in [0.2, 0.25) is 5.91 Å². The summed E-state index contributed by atoms with van der Waals surface area (Å²) in [5.74, 6) is 0.534. The summed E-state index contributed by atoms with van der Waals surface area (Å²) in [5.41, 5.74) is 1.65. The first-order valence-electron chi connectivity index (χ1n) is 10.9. The molecule has 1 aromatic heterocycles. The molecule has 6 nitrogen and oxygen atoms in total. The Bertz CT molecular complexity index is 869. The van der Waals surface area contributed by atoms with Crippen LogP contribution in [0.3, 0.4) is 0 Å². The molecule has 160 valence electrons. The average molecular weight is 410 g/mol. The van der Waals surface area contributed by atoms with Crippen LogP contribution >= 0.6 is 0 Å². The van der Waals surface area contributed by atoms with E-state index < -0.39 is 0 Å². The Hall–Kier alpha value is -2.60. The van der Waals surface area contributed by atoms with Gasteiger partial charge in [0.05, 0.1) is 5.60 Å². The molecule has 2 aromatic rings. The maximum absolute atomic E-state index is 12.8. The van der Waals surface area contributed by atoms with Gasteiger partial charge in [-0.2, -0.15) is 0 Å². The van der Waals surface area contributed by atoms with Crippen LogP contribution in [-0.4, -0.2) is 46.6 Å². The molecule has 0 bridgehead atoms. The van der Waals surface area contributed by atoms with Crippen molar-refractivity contribution in [2.45, 2.75) is 44.2 Å². The highest BCUT2D eigenvalue weighted by Gasteiger charge is 2.41. The number of ether oxygens (including phenoxy) is 1. The number of piperidine rings is 1. The molecule has 1 unspecified atom stereocenters. The molecule has 1 aromatic carbocycles. The van der Waals surface area contributed by atoms with E-state index in [2.05, 4.69) is 5.32 Å². The summed E-state index contributed by atoms with van der Waals surface area (Å²) in [4.78, 5) is 27.1. The minimum absolute atomic E-state index is 0.0880. The van der Waals surface area contributed by atoms with Gasteiger partial charge in [0.25, 0.3) is 5.91 Å². The quantitative estimate of drug-likeness (QED) is 0.825. The zero-order valence-corrected chi connectivity index (χ0v) is 17.7. The van der Waals surface area contributed by atoms with Gasteiger partial charge in [0.1, 0.15) is 5.69 Å². The first-order chi connectivity index (χ1) is 14.5. The van der Waals surface area contributed by atoms with E-state index in [4.69, 9.17) is 4.74 Å². The van der Waals surface area contributed by atoms with E-state index in [1.807, 2.05) is 65.2 Å². The van der Waals surface area contributed by atoms with E-state index in [0.29, 0.717) is 38.6 Å². The van der Waals surface area contributed by atoms with Crippen LogP contribution in [0.4, 0.5) is 0 Å². The first-order valence-corrected chi connectivity index (χ1v) is 10.9. The predicted octanol–water partition coefficient (Wildman–Crippen LogP) is 3.13. The molecular weight excluding hydrogens is 378 g/mol. The number of nitrogens with one attached hydrogen (secondary N) is 1. The molecule has 0 radical (unpaired) electrons. The zero-order chi connectivity index (χ0) is 21.0. The third-order valence-electron chi connectivity index (χ3n) is 6.53. The largest absolute Gasteiger partial charge is 0.375 e. The lowest BCUT2D eigenvalue weighted by molar-refractivity contribution is -0.134. The van der Waals surface area contributed by atoms with E-state index in [9.17, 15) is 9.59 Å². The summed E-state index contributed by atoms with van der Waals surface area (Å²) in [6.07, 6.45) is 5.95. The van der Waals surface area contributed by atoms with Gasteiger partial charge < -0.3 is 19.5 Å². The van der Waals surface area contributed by atoms with E-state index in [-0.39, 0.29) is 17.4 Å².